The van der Waals surface area contributed by atoms with Crippen molar-refractivity contribution in [2.45, 2.75) is 46.3 Å². The van der Waals surface area contributed by atoms with E-state index < -0.39 is 28.5 Å². The van der Waals surface area contributed by atoms with Crippen LogP contribution in [-0.2, 0) is 26.2 Å². The molecule has 8 nitrogen and oxygen atoms in total. The molecule has 0 spiro atoms. The number of nitrogens with zero attached hydrogens (tertiary/aromatic N) is 2. The first-order chi connectivity index (χ1) is 15.9. The Morgan fingerprint density at radius 1 is 1.09 bits per heavy atom. The zero-order chi connectivity index (χ0) is 25.5. The summed E-state index contributed by atoms with van der Waals surface area (Å²) in [5, 5.41) is 3.30. The van der Waals surface area contributed by atoms with E-state index in [1.165, 1.54) is 4.90 Å². The number of hydrogen-bond acceptors (Lipinski definition) is 5. The van der Waals surface area contributed by atoms with Gasteiger partial charge in [-0.15, -0.1) is 0 Å². The van der Waals surface area contributed by atoms with Crippen LogP contribution >= 0.6 is 11.6 Å². The number of benzene rings is 2. The van der Waals surface area contributed by atoms with E-state index in [4.69, 9.17) is 16.3 Å². The molecule has 1 N–H and O–H groups in total. The van der Waals surface area contributed by atoms with Crippen molar-refractivity contribution in [3.63, 3.8) is 0 Å². The summed E-state index contributed by atoms with van der Waals surface area (Å²) in [6, 6.07) is 12.4. The molecule has 0 aliphatic carbocycles. The van der Waals surface area contributed by atoms with Gasteiger partial charge in [0, 0.05) is 17.6 Å². The molecule has 0 heterocycles. The van der Waals surface area contributed by atoms with Crippen molar-refractivity contribution >= 4 is 39.1 Å². The standard InChI is InChI=1S/C24H32ClN3O5S/c1-6-33-22-12-10-21(11-13-22)28(34(5,31)32)16-23(29)27(18(4)24(30)26-17(2)3)15-19-8-7-9-20(25)14-19/h7-14,17-18H,6,15-16H2,1-5H3,(H,26,30)/t18-/m1/s1. The predicted octanol–water partition coefficient (Wildman–Crippen LogP) is 3.45. The van der Waals surface area contributed by atoms with E-state index in [9.17, 15) is 18.0 Å². The fourth-order valence-corrected chi connectivity index (χ4v) is 4.37. The fraction of sp³-hybridized carbons (Fsp3) is 0.417. The molecular weight excluding hydrogens is 478 g/mol. The van der Waals surface area contributed by atoms with Gasteiger partial charge in [0.2, 0.25) is 21.8 Å². The Labute approximate surface area is 206 Å². The molecule has 0 unspecified atom stereocenters. The summed E-state index contributed by atoms with van der Waals surface area (Å²) >= 11 is 6.10. The molecule has 0 bridgehead atoms. The van der Waals surface area contributed by atoms with Gasteiger partial charge >= 0.3 is 0 Å². The molecule has 0 fully saturated rings. The summed E-state index contributed by atoms with van der Waals surface area (Å²) in [5.41, 5.74) is 1.04. The number of carbonyl (C=O) groups is 2. The van der Waals surface area contributed by atoms with Crippen molar-refractivity contribution < 1.29 is 22.7 Å². The Kier molecular flexibility index (Phi) is 9.76. The Morgan fingerprint density at radius 3 is 2.26 bits per heavy atom. The number of sulfonamides is 1. The molecular formula is C24H32ClN3O5S. The van der Waals surface area contributed by atoms with Gasteiger partial charge in [0.05, 0.1) is 18.6 Å². The summed E-state index contributed by atoms with van der Waals surface area (Å²) in [5.74, 6) is -0.268. The third-order valence-electron chi connectivity index (χ3n) is 4.96. The molecule has 34 heavy (non-hydrogen) atoms. The van der Waals surface area contributed by atoms with Crippen LogP contribution in [0.2, 0.25) is 5.02 Å². The van der Waals surface area contributed by atoms with E-state index in [0.717, 1.165) is 16.1 Å². The number of rotatable bonds is 11. The van der Waals surface area contributed by atoms with Crippen LogP contribution < -0.4 is 14.4 Å². The van der Waals surface area contributed by atoms with E-state index in [0.29, 0.717) is 23.1 Å². The van der Waals surface area contributed by atoms with Crippen molar-refractivity contribution in [2.24, 2.45) is 0 Å². The van der Waals surface area contributed by atoms with Crippen LogP contribution in [0.4, 0.5) is 5.69 Å². The average Bonchev–Trinajstić information content (AvgIpc) is 2.75. The lowest BCUT2D eigenvalue weighted by Crippen LogP contribution is -2.52. The minimum absolute atomic E-state index is 0.0902. The second-order valence-electron chi connectivity index (χ2n) is 8.19. The number of ether oxygens (including phenoxy) is 1. The maximum Gasteiger partial charge on any atom is 0.244 e. The first-order valence-electron chi connectivity index (χ1n) is 11.0. The van der Waals surface area contributed by atoms with Gasteiger partial charge in [0.25, 0.3) is 0 Å². The molecule has 0 aliphatic heterocycles. The second kappa shape index (κ2) is 12.1. The fourth-order valence-electron chi connectivity index (χ4n) is 3.31. The first-order valence-corrected chi connectivity index (χ1v) is 13.2. The van der Waals surface area contributed by atoms with E-state index in [-0.39, 0.29) is 18.5 Å². The predicted molar refractivity (Wildman–Crippen MR) is 135 cm³/mol. The number of nitrogens with one attached hydrogen (secondary N) is 1. The van der Waals surface area contributed by atoms with Gasteiger partial charge in [-0.05, 0) is 69.7 Å². The SMILES string of the molecule is CCOc1ccc(N(CC(=O)N(Cc2cccc(Cl)c2)[C@H](C)C(=O)NC(C)C)S(C)(=O)=O)cc1. The maximum absolute atomic E-state index is 13.4. The van der Waals surface area contributed by atoms with Crippen LogP contribution in [0.5, 0.6) is 5.75 Å². The molecule has 2 amide bonds. The molecule has 0 aromatic heterocycles. The lowest BCUT2D eigenvalue weighted by molar-refractivity contribution is -0.139. The quantitative estimate of drug-likeness (QED) is 0.500. The summed E-state index contributed by atoms with van der Waals surface area (Å²) in [6.07, 6.45) is 1.03. The number of anilines is 1. The summed E-state index contributed by atoms with van der Waals surface area (Å²) in [6.45, 7) is 7.21. The van der Waals surface area contributed by atoms with Crippen LogP contribution in [0, 0.1) is 0 Å². The van der Waals surface area contributed by atoms with Crippen molar-refractivity contribution in [1.29, 1.82) is 0 Å². The molecule has 10 heteroatoms. The van der Waals surface area contributed by atoms with Crippen molar-refractivity contribution in [3.8, 4) is 5.75 Å². The molecule has 0 saturated carbocycles. The highest BCUT2D eigenvalue weighted by Crippen LogP contribution is 2.23. The summed E-state index contributed by atoms with van der Waals surface area (Å²) < 4.78 is 31.6. The lowest BCUT2D eigenvalue weighted by atomic mass is 10.1. The van der Waals surface area contributed by atoms with Gasteiger partial charge in [0.15, 0.2) is 0 Å². The number of halogens is 1. The third-order valence-corrected chi connectivity index (χ3v) is 6.33. The lowest BCUT2D eigenvalue weighted by Gasteiger charge is -2.32. The zero-order valence-corrected chi connectivity index (χ0v) is 21.7. The molecule has 0 aliphatic rings. The second-order valence-corrected chi connectivity index (χ2v) is 10.5. The van der Waals surface area contributed by atoms with Crippen molar-refractivity contribution in [2.75, 3.05) is 23.7 Å². The molecule has 2 aromatic rings. The van der Waals surface area contributed by atoms with E-state index in [2.05, 4.69) is 5.32 Å². The van der Waals surface area contributed by atoms with Crippen molar-refractivity contribution in [1.82, 2.24) is 10.2 Å². The largest absolute Gasteiger partial charge is 0.494 e. The summed E-state index contributed by atoms with van der Waals surface area (Å²) in [4.78, 5) is 27.5. The molecule has 2 rings (SSSR count). The molecule has 186 valence electrons. The van der Waals surface area contributed by atoms with Gasteiger partial charge in [0.1, 0.15) is 18.3 Å². The number of carbonyl (C=O) groups excluding carboxylic acids is 2. The minimum atomic E-state index is -3.79. The highest BCUT2D eigenvalue weighted by molar-refractivity contribution is 7.92. The number of hydrogen-bond donors (Lipinski definition) is 1. The number of amides is 2. The Hall–Kier alpha value is -2.78. The zero-order valence-electron chi connectivity index (χ0n) is 20.1. The van der Waals surface area contributed by atoms with Crippen LogP contribution in [-0.4, -0.2) is 56.6 Å². The van der Waals surface area contributed by atoms with Gasteiger partial charge < -0.3 is 15.0 Å². The highest BCUT2D eigenvalue weighted by atomic mass is 35.5. The van der Waals surface area contributed by atoms with Crippen LogP contribution in [0.25, 0.3) is 0 Å². The molecule has 0 saturated heterocycles. The van der Waals surface area contributed by atoms with Gasteiger partial charge in [-0.3, -0.25) is 13.9 Å². The van der Waals surface area contributed by atoms with Crippen LogP contribution in [0.15, 0.2) is 48.5 Å². The molecule has 2 aromatic carbocycles. The van der Waals surface area contributed by atoms with E-state index >= 15 is 0 Å². The Morgan fingerprint density at radius 2 is 1.74 bits per heavy atom. The Bertz CT molecular complexity index is 1090. The maximum atomic E-state index is 13.4. The smallest absolute Gasteiger partial charge is 0.244 e. The van der Waals surface area contributed by atoms with E-state index in [1.54, 1.807) is 55.5 Å². The van der Waals surface area contributed by atoms with E-state index in [1.807, 2.05) is 20.8 Å². The van der Waals surface area contributed by atoms with Crippen molar-refractivity contribution in [3.05, 3.63) is 59.1 Å². The van der Waals surface area contributed by atoms with Crippen LogP contribution in [0.3, 0.4) is 0 Å². The normalized spacial score (nSPS) is 12.2. The monoisotopic (exact) mass is 509 g/mol. The average molecular weight is 510 g/mol. The van der Waals surface area contributed by atoms with Gasteiger partial charge in [-0.1, -0.05) is 23.7 Å². The third kappa shape index (κ3) is 7.92. The highest BCUT2D eigenvalue weighted by Gasteiger charge is 2.30. The molecule has 0 radical (unpaired) electrons. The first kappa shape index (κ1) is 27.5. The van der Waals surface area contributed by atoms with Gasteiger partial charge in [-0.2, -0.15) is 0 Å². The Balaban J connectivity index is 2.37. The molecule has 1 atom stereocenters. The van der Waals surface area contributed by atoms with Gasteiger partial charge in [-0.25, -0.2) is 8.42 Å². The summed E-state index contributed by atoms with van der Waals surface area (Å²) in [7, 11) is -3.79. The minimum Gasteiger partial charge on any atom is -0.494 e. The topological polar surface area (TPSA) is 96.0 Å². The van der Waals surface area contributed by atoms with Crippen LogP contribution in [0.1, 0.15) is 33.3 Å².